The molecular formula is C17H15ClN2O3. The van der Waals surface area contributed by atoms with Crippen molar-refractivity contribution < 1.29 is 14.3 Å². The number of nitrogens with one attached hydrogen (secondary N) is 2. The molecule has 0 fully saturated rings. The fraction of sp³-hybridized carbons (Fsp3) is 0.0588. The first-order valence-corrected chi connectivity index (χ1v) is 7.14. The highest BCUT2D eigenvalue weighted by Gasteiger charge is 2.04. The average Bonchev–Trinajstić information content (AvgIpc) is 2.59. The molecule has 0 unspecified atom stereocenters. The maximum absolute atomic E-state index is 11.9. The second-order valence-corrected chi connectivity index (χ2v) is 4.97. The van der Waals surface area contributed by atoms with Gasteiger partial charge in [-0.3, -0.25) is 15.0 Å². The van der Waals surface area contributed by atoms with Crippen LogP contribution in [0, 0.1) is 0 Å². The molecule has 6 heteroatoms. The number of ketones is 1. The number of halogens is 1. The van der Waals surface area contributed by atoms with Crippen molar-refractivity contribution in [2.75, 3.05) is 7.11 Å². The number of carbonyl (C=O) groups is 2. The van der Waals surface area contributed by atoms with E-state index in [1.54, 1.807) is 55.6 Å². The van der Waals surface area contributed by atoms with Crippen LogP contribution in [0.25, 0.3) is 0 Å². The molecule has 0 aliphatic heterocycles. The zero-order valence-electron chi connectivity index (χ0n) is 12.4. The van der Waals surface area contributed by atoms with Crippen molar-refractivity contribution >= 4 is 23.3 Å². The summed E-state index contributed by atoms with van der Waals surface area (Å²) in [7, 11) is 1.56. The van der Waals surface area contributed by atoms with E-state index >= 15 is 0 Å². The van der Waals surface area contributed by atoms with Crippen LogP contribution in [0.2, 0.25) is 5.02 Å². The lowest BCUT2D eigenvalue weighted by molar-refractivity contribution is 0.0939. The highest BCUT2D eigenvalue weighted by Crippen LogP contribution is 2.12. The second-order valence-electron chi connectivity index (χ2n) is 4.53. The monoisotopic (exact) mass is 330 g/mol. The Morgan fingerprint density at radius 3 is 2.22 bits per heavy atom. The third kappa shape index (κ3) is 4.86. The summed E-state index contributed by atoms with van der Waals surface area (Å²) in [6.45, 7) is 0. The van der Waals surface area contributed by atoms with Crippen LogP contribution in [-0.4, -0.2) is 18.8 Å². The van der Waals surface area contributed by atoms with E-state index in [0.717, 1.165) is 0 Å². The van der Waals surface area contributed by atoms with Crippen LogP contribution in [0.1, 0.15) is 20.7 Å². The number of hydrogen-bond acceptors (Lipinski definition) is 4. The molecule has 2 aromatic carbocycles. The van der Waals surface area contributed by atoms with Gasteiger partial charge in [-0.05, 0) is 48.5 Å². The number of methoxy groups -OCH3 is 1. The molecule has 0 heterocycles. The summed E-state index contributed by atoms with van der Waals surface area (Å²) in [5.41, 5.74) is 5.99. The predicted molar refractivity (Wildman–Crippen MR) is 88.5 cm³/mol. The molecule has 0 aliphatic carbocycles. The van der Waals surface area contributed by atoms with Crippen LogP contribution in [0.3, 0.4) is 0 Å². The van der Waals surface area contributed by atoms with Gasteiger partial charge in [0.2, 0.25) is 0 Å². The molecular weight excluding hydrogens is 316 g/mol. The molecule has 0 aromatic heterocycles. The Balaban J connectivity index is 1.84. The van der Waals surface area contributed by atoms with Crippen LogP contribution in [0.5, 0.6) is 5.75 Å². The van der Waals surface area contributed by atoms with Gasteiger partial charge in [0.05, 0.1) is 7.11 Å². The summed E-state index contributed by atoms with van der Waals surface area (Å²) in [5, 5.41) is 0.555. The van der Waals surface area contributed by atoms with Gasteiger partial charge in [-0.15, -0.1) is 0 Å². The van der Waals surface area contributed by atoms with E-state index in [4.69, 9.17) is 16.3 Å². The lowest BCUT2D eigenvalue weighted by atomic mass is 10.1. The number of rotatable bonds is 6. The van der Waals surface area contributed by atoms with Crippen molar-refractivity contribution in [1.82, 2.24) is 10.9 Å². The number of hydrazine groups is 1. The lowest BCUT2D eigenvalue weighted by Crippen LogP contribution is -2.33. The van der Waals surface area contributed by atoms with Gasteiger partial charge in [0, 0.05) is 28.4 Å². The quantitative estimate of drug-likeness (QED) is 0.485. The van der Waals surface area contributed by atoms with Crippen molar-refractivity contribution in [2.24, 2.45) is 0 Å². The first-order valence-electron chi connectivity index (χ1n) is 6.76. The predicted octanol–water partition coefficient (Wildman–Crippen LogP) is 2.98. The first kappa shape index (κ1) is 16.6. The van der Waals surface area contributed by atoms with Gasteiger partial charge < -0.3 is 10.2 Å². The Kier molecular flexibility index (Phi) is 5.77. The number of hydrogen-bond donors (Lipinski definition) is 2. The van der Waals surface area contributed by atoms with Crippen LogP contribution in [0.15, 0.2) is 60.8 Å². The fourth-order valence-corrected chi connectivity index (χ4v) is 1.88. The molecule has 1 amide bonds. The van der Waals surface area contributed by atoms with Gasteiger partial charge >= 0.3 is 0 Å². The number of carbonyl (C=O) groups excluding carboxylic acids is 2. The molecule has 2 rings (SSSR count). The van der Waals surface area contributed by atoms with E-state index in [-0.39, 0.29) is 11.7 Å². The van der Waals surface area contributed by atoms with Crippen molar-refractivity contribution in [3.05, 3.63) is 77.0 Å². The summed E-state index contributed by atoms with van der Waals surface area (Å²) in [6.07, 6.45) is 2.68. The number of allylic oxidation sites excluding steroid dienone is 1. The van der Waals surface area contributed by atoms with Crippen molar-refractivity contribution in [3.8, 4) is 5.75 Å². The van der Waals surface area contributed by atoms with Crippen LogP contribution in [0.4, 0.5) is 0 Å². The number of amides is 1. The van der Waals surface area contributed by atoms with Gasteiger partial charge in [0.25, 0.3) is 5.91 Å². The van der Waals surface area contributed by atoms with Crippen LogP contribution < -0.4 is 15.6 Å². The van der Waals surface area contributed by atoms with Gasteiger partial charge in [0.15, 0.2) is 5.78 Å². The van der Waals surface area contributed by atoms with Gasteiger partial charge in [-0.25, -0.2) is 0 Å². The topological polar surface area (TPSA) is 67.4 Å². The Labute approximate surface area is 138 Å². The van der Waals surface area contributed by atoms with E-state index in [2.05, 4.69) is 10.9 Å². The minimum atomic E-state index is -0.330. The third-order valence-electron chi connectivity index (χ3n) is 2.98. The molecule has 2 aromatic rings. The summed E-state index contributed by atoms with van der Waals surface area (Å²) in [6, 6.07) is 13.2. The molecule has 0 saturated carbocycles. The molecule has 0 atom stereocenters. The lowest BCUT2D eigenvalue weighted by Gasteiger charge is -2.04. The molecule has 0 radical (unpaired) electrons. The van der Waals surface area contributed by atoms with Gasteiger partial charge in [-0.2, -0.15) is 0 Å². The second kappa shape index (κ2) is 8.00. The van der Waals surface area contributed by atoms with Crippen LogP contribution in [-0.2, 0) is 0 Å². The largest absolute Gasteiger partial charge is 0.497 e. The molecule has 23 heavy (non-hydrogen) atoms. The normalized spacial score (nSPS) is 10.3. The van der Waals surface area contributed by atoms with Gasteiger partial charge in [-0.1, -0.05) is 11.6 Å². The average molecular weight is 331 g/mol. The Hall–Kier alpha value is -2.79. The molecule has 0 spiro atoms. The Morgan fingerprint density at radius 2 is 1.61 bits per heavy atom. The Bertz CT molecular complexity index is 710. The Morgan fingerprint density at radius 1 is 1.00 bits per heavy atom. The van der Waals surface area contributed by atoms with Crippen molar-refractivity contribution in [2.45, 2.75) is 0 Å². The van der Waals surface area contributed by atoms with E-state index in [9.17, 15) is 9.59 Å². The minimum Gasteiger partial charge on any atom is -0.497 e. The maximum Gasteiger partial charge on any atom is 0.269 e. The van der Waals surface area contributed by atoms with Crippen molar-refractivity contribution in [3.63, 3.8) is 0 Å². The number of benzene rings is 2. The highest BCUT2D eigenvalue weighted by atomic mass is 35.5. The summed E-state index contributed by atoms with van der Waals surface area (Å²) >= 11 is 5.75. The van der Waals surface area contributed by atoms with E-state index in [1.165, 1.54) is 12.3 Å². The zero-order valence-corrected chi connectivity index (χ0v) is 13.1. The van der Waals surface area contributed by atoms with E-state index < -0.39 is 0 Å². The molecule has 0 bridgehead atoms. The highest BCUT2D eigenvalue weighted by molar-refractivity contribution is 6.30. The zero-order chi connectivity index (χ0) is 16.7. The summed E-state index contributed by atoms with van der Waals surface area (Å²) in [4.78, 5) is 23.7. The summed E-state index contributed by atoms with van der Waals surface area (Å²) in [5.74, 6) is 0.156. The molecule has 2 N–H and O–H groups in total. The van der Waals surface area contributed by atoms with Crippen LogP contribution >= 0.6 is 11.6 Å². The molecule has 5 nitrogen and oxygen atoms in total. The smallest absolute Gasteiger partial charge is 0.269 e. The molecule has 0 aliphatic rings. The van der Waals surface area contributed by atoms with E-state index in [0.29, 0.717) is 21.9 Å². The molecule has 118 valence electrons. The summed E-state index contributed by atoms with van der Waals surface area (Å²) < 4.78 is 5.03. The minimum absolute atomic E-state index is 0.194. The van der Waals surface area contributed by atoms with E-state index in [1.807, 2.05) is 0 Å². The van der Waals surface area contributed by atoms with Crippen molar-refractivity contribution in [1.29, 1.82) is 0 Å². The van der Waals surface area contributed by atoms with Gasteiger partial charge in [0.1, 0.15) is 5.75 Å². The number of ether oxygens (including phenoxy) is 1. The maximum atomic E-state index is 11.9. The molecule has 0 saturated heterocycles. The standard InChI is InChI=1S/C17H15ClN2O3/c1-23-15-8-4-12(5-9-15)16(21)10-11-19-20-17(22)13-2-6-14(18)7-3-13/h2-11,19H,1H3,(H,20,22). The first-order chi connectivity index (χ1) is 11.1. The third-order valence-corrected chi connectivity index (χ3v) is 3.24. The SMILES string of the molecule is COc1ccc(C(=O)C=CNNC(=O)c2ccc(Cl)cc2)cc1. The fourth-order valence-electron chi connectivity index (χ4n) is 1.75.